The van der Waals surface area contributed by atoms with E-state index in [1.807, 2.05) is 13.2 Å². The molecule has 1 aliphatic heterocycles. The van der Waals surface area contributed by atoms with Crippen molar-refractivity contribution in [1.29, 1.82) is 0 Å². The fourth-order valence-electron chi connectivity index (χ4n) is 3.08. The molecule has 1 aromatic heterocycles. The van der Waals surface area contributed by atoms with E-state index in [9.17, 15) is 0 Å². The molecule has 2 unspecified atom stereocenters. The first-order valence-electron chi connectivity index (χ1n) is 6.90. The Morgan fingerprint density at radius 3 is 2.61 bits per heavy atom. The zero-order valence-corrected chi connectivity index (χ0v) is 11.7. The number of likely N-dealkylation sites (tertiary alicyclic amines) is 1. The molecule has 0 aromatic carbocycles. The van der Waals surface area contributed by atoms with Gasteiger partial charge in [0.05, 0.1) is 17.9 Å². The second kappa shape index (κ2) is 5.76. The van der Waals surface area contributed by atoms with Gasteiger partial charge in [0.15, 0.2) is 0 Å². The molecule has 0 spiro atoms. The fourth-order valence-corrected chi connectivity index (χ4v) is 3.08. The molecule has 18 heavy (non-hydrogen) atoms. The number of rotatable bonds is 5. The van der Waals surface area contributed by atoms with Crippen LogP contribution in [0, 0.1) is 0 Å². The largest absolute Gasteiger partial charge is 0.310 e. The Bertz CT molecular complexity index is 361. The van der Waals surface area contributed by atoms with Crippen molar-refractivity contribution in [1.82, 2.24) is 20.2 Å². The lowest BCUT2D eigenvalue weighted by atomic mass is 9.85. The van der Waals surface area contributed by atoms with Crippen LogP contribution in [-0.2, 0) is 0 Å². The summed E-state index contributed by atoms with van der Waals surface area (Å²) in [6.07, 6.45) is 9.12. The smallest absolute Gasteiger partial charge is 0.0774 e. The van der Waals surface area contributed by atoms with Gasteiger partial charge in [-0.05, 0) is 46.3 Å². The molecule has 0 amide bonds. The van der Waals surface area contributed by atoms with Crippen LogP contribution in [0.5, 0.6) is 0 Å². The van der Waals surface area contributed by atoms with Gasteiger partial charge in [-0.1, -0.05) is 6.92 Å². The van der Waals surface area contributed by atoms with E-state index in [-0.39, 0.29) is 11.6 Å². The Hall–Kier alpha value is -1.00. The Morgan fingerprint density at radius 1 is 1.39 bits per heavy atom. The molecule has 0 radical (unpaired) electrons. The lowest BCUT2D eigenvalue weighted by Gasteiger charge is -2.44. The zero-order chi connectivity index (χ0) is 13.0. The standard InChI is InChI=1S/C14H24N4/c1-4-14(2,18-9-5-6-10-18)13(15-3)12-11-16-7-8-17-12/h7-8,11,13,15H,4-6,9-10H2,1-3H3. The second-order valence-electron chi connectivity index (χ2n) is 5.26. The van der Waals surface area contributed by atoms with Gasteiger partial charge >= 0.3 is 0 Å². The maximum Gasteiger partial charge on any atom is 0.0774 e. The summed E-state index contributed by atoms with van der Waals surface area (Å²) in [7, 11) is 2.02. The van der Waals surface area contributed by atoms with E-state index in [4.69, 9.17) is 0 Å². The summed E-state index contributed by atoms with van der Waals surface area (Å²) in [5, 5.41) is 3.44. The number of likely N-dealkylation sites (N-methyl/N-ethyl adjacent to an activating group) is 1. The first kappa shape index (κ1) is 13.4. The number of hydrogen-bond acceptors (Lipinski definition) is 4. The van der Waals surface area contributed by atoms with Crippen molar-refractivity contribution < 1.29 is 0 Å². The molecule has 1 aliphatic rings. The normalized spacial score (nSPS) is 21.7. The van der Waals surface area contributed by atoms with Gasteiger partial charge in [0, 0.05) is 17.9 Å². The lowest BCUT2D eigenvalue weighted by Crippen LogP contribution is -2.52. The molecule has 0 bridgehead atoms. The summed E-state index contributed by atoms with van der Waals surface area (Å²) in [5.41, 5.74) is 1.15. The summed E-state index contributed by atoms with van der Waals surface area (Å²) in [4.78, 5) is 11.3. The zero-order valence-electron chi connectivity index (χ0n) is 11.7. The Labute approximate surface area is 110 Å². The second-order valence-corrected chi connectivity index (χ2v) is 5.26. The van der Waals surface area contributed by atoms with Crippen LogP contribution in [0.3, 0.4) is 0 Å². The molecule has 4 nitrogen and oxygen atoms in total. The molecule has 1 fully saturated rings. The van der Waals surface area contributed by atoms with Crippen molar-refractivity contribution in [2.45, 2.75) is 44.7 Å². The van der Waals surface area contributed by atoms with Crippen molar-refractivity contribution in [2.75, 3.05) is 20.1 Å². The number of hydrogen-bond donors (Lipinski definition) is 1. The molecule has 4 heteroatoms. The number of nitrogens with one attached hydrogen (secondary N) is 1. The average Bonchev–Trinajstić information content (AvgIpc) is 2.95. The molecule has 1 N–H and O–H groups in total. The van der Waals surface area contributed by atoms with Gasteiger partial charge in [-0.2, -0.15) is 0 Å². The quantitative estimate of drug-likeness (QED) is 0.865. The van der Waals surface area contributed by atoms with E-state index in [2.05, 4.69) is 34.0 Å². The first-order chi connectivity index (χ1) is 8.72. The van der Waals surface area contributed by atoms with Gasteiger partial charge < -0.3 is 5.32 Å². The van der Waals surface area contributed by atoms with Crippen molar-refractivity contribution in [3.05, 3.63) is 24.3 Å². The number of aromatic nitrogens is 2. The predicted octanol–water partition coefficient (Wildman–Crippen LogP) is 2.00. The van der Waals surface area contributed by atoms with Crippen molar-refractivity contribution in [3.8, 4) is 0 Å². The maximum atomic E-state index is 4.48. The Balaban J connectivity index is 2.28. The molecule has 100 valence electrons. The topological polar surface area (TPSA) is 41.1 Å². The van der Waals surface area contributed by atoms with Crippen LogP contribution in [0.4, 0.5) is 0 Å². The molecule has 1 aromatic rings. The molecular weight excluding hydrogens is 224 g/mol. The van der Waals surface area contributed by atoms with Crippen LogP contribution in [0.2, 0.25) is 0 Å². The lowest BCUT2D eigenvalue weighted by molar-refractivity contribution is 0.0854. The van der Waals surface area contributed by atoms with Gasteiger partial charge in [0.25, 0.3) is 0 Å². The third-order valence-corrected chi connectivity index (χ3v) is 4.33. The molecule has 1 saturated heterocycles. The van der Waals surface area contributed by atoms with Crippen LogP contribution in [0.1, 0.15) is 44.8 Å². The SMILES string of the molecule is CCC(C)(C(NC)c1cnccn1)N1CCCC1. The van der Waals surface area contributed by atoms with E-state index in [0.717, 1.165) is 12.1 Å². The van der Waals surface area contributed by atoms with Gasteiger partial charge in [-0.25, -0.2) is 0 Å². The van der Waals surface area contributed by atoms with Crippen LogP contribution in [0.15, 0.2) is 18.6 Å². The highest BCUT2D eigenvalue weighted by Crippen LogP contribution is 2.35. The highest BCUT2D eigenvalue weighted by atomic mass is 15.2. The minimum Gasteiger partial charge on any atom is -0.310 e. The minimum absolute atomic E-state index is 0.112. The van der Waals surface area contributed by atoms with E-state index >= 15 is 0 Å². The summed E-state index contributed by atoms with van der Waals surface area (Å²) in [6.45, 7) is 7.00. The summed E-state index contributed by atoms with van der Waals surface area (Å²) in [6, 6.07) is 0.231. The van der Waals surface area contributed by atoms with Crippen LogP contribution in [-0.4, -0.2) is 40.5 Å². The first-order valence-corrected chi connectivity index (χ1v) is 6.90. The maximum absolute atomic E-state index is 4.48. The van der Waals surface area contributed by atoms with E-state index in [1.165, 1.54) is 25.9 Å². The molecule has 2 atom stereocenters. The van der Waals surface area contributed by atoms with Gasteiger partial charge in [-0.3, -0.25) is 14.9 Å². The molecule has 2 rings (SSSR count). The van der Waals surface area contributed by atoms with Crippen LogP contribution < -0.4 is 5.32 Å². The van der Waals surface area contributed by atoms with Gasteiger partial charge in [0.2, 0.25) is 0 Å². The van der Waals surface area contributed by atoms with Gasteiger partial charge in [-0.15, -0.1) is 0 Å². The third kappa shape index (κ3) is 2.40. The van der Waals surface area contributed by atoms with E-state index < -0.39 is 0 Å². The minimum atomic E-state index is 0.112. The highest BCUT2D eigenvalue weighted by molar-refractivity contribution is 5.12. The van der Waals surface area contributed by atoms with Gasteiger partial charge in [0.1, 0.15) is 0 Å². The van der Waals surface area contributed by atoms with Crippen LogP contribution >= 0.6 is 0 Å². The fraction of sp³-hybridized carbons (Fsp3) is 0.714. The van der Waals surface area contributed by atoms with E-state index in [0.29, 0.717) is 0 Å². The summed E-state index contributed by atoms with van der Waals surface area (Å²) in [5.74, 6) is 0. The van der Waals surface area contributed by atoms with Crippen molar-refractivity contribution in [2.24, 2.45) is 0 Å². The summed E-state index contributed by atoms with van der Waals surface area (Å²) >= 11 is 0. The summed E-state index contributed by atoms with van der Waals surface area (Å²) < 4.78 is 0. The highest BCUT2D eigenvalue weighted by Gasteiger charge is 2.40. The number of nitrogens with zero attached hydrogens (tertiary/aromatic N) is 3. The molecular formula is C14H24N4. The van der Waals surface area contributed by atoms with E-state index in [1.54, 1.807) is 12.4 Å². The van der Waals surface area contributed by atoms with Crippen molar-refractivity contribution in [3.63, 3.8) is 0 Å². The molecule has 2 heterocycles. The Morgan fingerprint density at radius 2 is 2.11 bits per heavy atom. The predicted molar refractivity (Wildman–Crippen MR) is 73.3 cm³/mol. The Kier molecular flexibility index (Phi) is 4.30. The monoisotopic (exact) mass is 248 g/mol. The molecule has 0 saturated carbocycles. The molecule has 0 aliphatic carbocycles. The van der Waals surface area contributed by atoms with Crippen molar-refractivity contribution >= 4 is 0 Å². The average molecular weight is 248 g/mol. The van der Waals surface area contributed by atoms with Crippen LogP contribution in [0.25, 0.3) is 0 Å². The third-order valence-electron chi connectivity index (χ3n) is 4.33.